The number of hydrogen-bond donors (Lipinski definition) is 2. The van der Waals surface area contributed by atoms with Crippen molar-refractivity contribution >= 4 is 5.91 Å². The number of benzene rings is 1. The lowest BCUT2D eigenvalue weighted by Gasteiger charge is -2.16. The van der Waals surface area contributed by atoms with Gasteiger partial charge in [-0.15, -0.1) is 0 Å². The van der Waals surface area contributed by atoms with Crippen LogP contribution in [0.1, 0.15) is 46.8 Å². The fourth-order valence-electron chi connectivity index (χ4n) is 2.60. The number of carbonyl (C=O) groups is 1. The minimum atomic E-state index is -0.234. The highest BCUT2D eigenvalue weighted by atomic mass is 16.5. The van der Waals surface area contributed by atoms with Crippen molar-refractivity contribution < 1.29 is 9.53 Å². The monoisotopic (exact) mass is 350 g/mol. The van der Waals surface area contributed by atoms with Gasteiger partial charge in [0.15, 0.2) is 0 Å². The average Bonchev–Trinajstić information content (AvgIpc) is 3.14. The summed E-state index contributed by atoms with van der Waals surface area (Å²) in [6.07, 6.45) is 2.50. The van der Waals surface area contributed by atoms with Crippen LogP contribution in [0.4, 0.5) is 0 Å². The lowest BCUT2D eigenvalue weighted by Crippen LogP contribution is -2.29. The molecule has 0 unspecified atom stereocenters. The summed E-state index contributed by atoms with van der Waals surface area (Å²) in [5, 5.41) is 9.92. The summed E-state index contributed by atoms with van der Waals surface area (Å²) in [6, 6.07) is 15.0. The molecule has 3 aromatic rings. The van der Waals surface area contributed by atoms with Gasteiger partial charge in [-0.1, -0.05) is 25.1 Å². The zero-order valence-corrected chi connectivity index (χ0v) is 14.9. The maximum atomic E-state index is 12.5. The lowest BCUT2D eigenvalue weighted by molar-refractivity contribution is 0.0929. The Morgan fingerprint density at radius 1 is 1.23 bits per heavy atom. The van der Waals surface area contributed by atoms with Crippen LogP contribution in [0.15, 0.2) is 54.7 Å². The molecule has 2 N–H and O–H groups in total. The molecule has 0 spiro atoms. The molecule has 1 aromatic carbocycles. The van der Waals surface area contributed by atoms with Crippen molar-refractivity contribution in [3.63, 3.8) is 0 Å². The first kappa shape index (κ1) is 17.7. The van der Waals surface area contributed by atoms with E-state index in [-0.39, 0.29) is 11.9 Å². The smallest absolute Gasteiger partial charge is 0.272 e. The Morgan fingerprint density at radius 2 is 2.04 bits per heavy atom. The third-order valence-corrected chi connectivity index (χ3v) is 4.01. The maximum Gasteiger partial charge on any atom is 0.272 e. The van der Waals surface area contributed by atoms with Crippen LogP contribution in [0.3, 0.4) is 0 Å². The van der Waals surface area contributed by atoms with Gasteiger partial charge in [0.1, 0.15) is 18.1 Å². The standard InChI is InChI=1S/C20H22N4O2/c1-3-17(18-11-14(2)9-10-21-18)22-20(25)19-12-15(23-24-19)13-26-16-7-5-4-6-8-16/h4-12,17H,3,13H2,1-2H3,(H,22,25)(H,23,24)/t17-/m0/s1. The van der Waals surface area contributed by atoms with Gasteiger partial charge in [0.2, 0.25) is 0 Å². The van der Waals surface area contributed by atoms with E-state index in [1.165, 1.54) is 0 Å². The fourth-order valence-corrected chi connectivity index (χ4v) is 2.60. The summed E-state index contributed by atoms with van der Waals surface area (Å²) in [4.78, 5) is 16.9. The quantitative estimate of drug-likeness (QED) is 0.683. The van der Waals surface area contributed by atoms with E-state index in [2.05, 4.69) is 20.5 Å². The van der Waals surface area contributed by atoms with E-state index in [4.69, 9.17) is 4.74 Å². The molecule has 3 rings (SSSR count). The van der Waals surface area contributed by atoms with Gasteiger partial charge in [0, 0.05) is 6.20 Å². The molecule has 0 bridgehead atoms. The molecule has 0 saturated carbocycles. The Hall–Kier alpha value is -3.15. The molecule has 0 aliphatic heterocycles. The first-order valence-electron chi connectivity index (χ1n) is 8.61. The van der Waals surface area contributed by atoms with E-state index in [0.717, 1.165) is 29.1 Å². The highest BCUT2D eigenvalue weighted by Gasteiger charge is 2.17. The lowest BCUT2D eigenvalue weighted by atomic mass is 10.1. The van der Waals surface area contributed by atoms with E-state index < -0.39 is 0 Å². The Balaban J connectivity index is 1.62. The number of pyridine rings is 1. The number of aromatic nitrogens is 3. The zero-order chi connectivity index (χ0) is 18.4. The van der Waals surface area contributed by atoms with Crippen LogP contribution in [0.2, 0.25) is 0 Å². The van der Waals surface area contributed by atoms with Gasteiger partial charge in [0.25, 0.3) is 5.91 Å². The number of amides is 1. The number of ether oxygens (including phenoxy) is 1. The van der Waals surface area contributed by atoms with Crippen molar-refractivity contribution in [1.82, 2.24) is 20.5 Å². The van der Waals surface area contributed by atoms with Crippen LogP contribution in [-0.2, 0) is 6.61 Å². The summed E-state index contributed by atoms with van der Waals surface area (Å²) in [5.74, 6) is 0.534. The summed E-state index contributed by atoms with van der Waals surface area (Å²) < 4.78 is 5.66. The Morgan fingerprint density at radius 3 is 2.77 bits per heavy atom. The van der Waals surface area contributed by atoms with Crippen LogP contribution < -0.4 is 10.1 Å². The predicted octanol–water partition coefficient (Wildman–Crippen LogP) is 3.57. The topological polar surface area (TPSA) is 79.9 Å². The number of carbonyl (C=O) groups excluding carboxylic acids is 1. The molecule has 134 valence electrons. The fraction of sp³-hybridized carbons (Fsp3) is 0.250. The van der Waals surface area contributed by atoms with E-state index in [1.807, 2.05) is 56.3 Å². The third-order valence-electron chi connectivity index (χ3n) is 4.01. The maximum absolute atomic E-state index is 12.5. The Kier molecular flexibility index (Phi) is 5.63. The van der Waals surface area contributed by atoms with Gasteiger partial charge in [0.05, 0.1) is 17.4 Å². The number of nitrogens with one attached hydrogen (secondary N) is 2. The van der Waals surface area contributed by atoms with E-state index in [1.54, 1.807) is 12.3 Å². The largest absolute Gasteiger partial charge is 0.487 e. The second-order valence-corrected chi connectivity index (χ2v) is 6.07. The minimum absolute atomic E-state index is 0.150. The second kappa shape index (κ2) is 8.29. The molecule has 26 heavy (non-hydrogen) atoms. The van der Waals surface area contributed by atoms with Gasteiger partial charge in [-0.2, -0.15) is 5.10 Å². The van der Waals surface area contributed by atoms with Gasteiger partial charge < -0.3 is 10.1 Å². The molecule has 0 fully saturated rings. The van der Waals surface area contributed by atoms with Crippen LogP contribution in [0.5, 0.6) is 5.75 Å². The molecule has 2 aromatic heterocycles. The molecule has 1 amide bonds. The molecule has 0 radical (unpaired) electrons. The van der Waals surface area contributed by atoms with E-state index in [9.17, 15) is 4.79 Å². The molecular formula is C20H22N4O2. The Labute approximate surface area is 152 Å². The number of para-hydroxylation sites is 1. The highest BCUT2D eigenvalue weighted by Crippen LogP contribution is 2.16. The Bertz CT molecular complexity index is 861. The highest BCUT2D eigenvalue weighted by molar-refractivity contribution is 5.92. The van der Waals surface area contributed by atoms with Gasteiger partial charge in [-0.25, -0.2) is 0 Å². The molecule has 0 aliphatic carbocycles. The summed E-state index contributed by atoms with van der Waals surface area (Å²) in [7, 11) is 0. The zero-order valence-electron chi connectivity index (χ0n) is 14.9. The average molecular weight is 350 g/mol. The van der Waals surface area contributed by atoms with Gasteiger partial charge in [-0.3, -0.25) is 14.9 Å². The van der Waals surface area contributed by atoms with Crippen LogP contribution >= 0.6 is 0 Å². The normalized spacial score (nSPS) is 11.8. The first-order chi connectivity index (χ1) is 12.7. The van der Waals surface area contributed by atoms with E-state index in [0.29, 0.717) is 12.3 Å². The summed E-state index contributed by atoms with van der Waals surface area (Å²) in [6.45, 7) is 4.34. The minimum Gasteiger partial charge on any atom is -0.487 e. The molecular weight excluding hydrogens is 328 g/mol. The van der Waals surface area contributed by atoms with Crippen molar-refractivity contribution in [2.45, 2.75) is 32.9 Å². The number of aromatic amines is 1. The van der Waals surface area contributed by atoms with Crippen molar-refractivity contribution in [3.8, 4) is 5.75 Å². The molecule has 2 heterocycles. The molecule has 6 nitrogen and oxygen atoms in total. The number of hydrogen-bond acceptors (Lipinski definition) is 4. The number of nitrogens with zero attached hydrogens (tertiary/aromatic N) is 2. The predicted molar refractivity (Wildman–Crippen MR) is 98.8 cm³/mol. The van der Waals surface area contributed by atoms with Crippen molar-refractivity contribution in [2.75, 3.05) is 0 Å². The van der Waals surface area contributed by atoms with Crippen molar-refractivity contribution in [1.29, 1.82) is 0 Å². The van der Waals surface area contributed by atoms with Crippen molar-refractivity contribution in [3.05, 3.63) is 77.4 Å². The molecule has 6 heteroatoms. The number of rotatable bonds is 7. The summed E-state index contributed by atoms with van der Waals surface area (Å²) in [5.41, 5.74) is 3.04. The van der Waals surface area contributed by atoms with Gasteiger partial charge in [-0.05, 0) is 49.2 Å². The van der Waals surface area contributed by atoms with Crippen LogP contribution in [0.25, 0.3) is 0 Å². The van der Waals surface area contributed by atoms with Crippen molar-refractivity contribution in [2.24, 2.45) is 0 Å². The molecule has 0 aliphatic rings. The molecule has 0 saturated heterocycles. The number of aryl methyl sites for hydroxylation is 1. The second-order valence-electron chi connectivity index (χ2n) is 6.07. The first-order valence-corrected chi connectivity index (χ1v) is 8.61. The van der Waals surface area contributed by atoms with E-state index >= 15 is 0 Å². The summed E-state index contributed by atoms with van der Waals surface area (Å²) >= 11 is 0. The molecule has 1 atom stereocenters. The number of H-pyrrole nitrogens is 1. The van der Waals surface area contributed by atoms with Crippen LogP contribution in [-0.4, -0.2) is 21.1 Å². The van der Waals surface area contributed by atoms with Gasteiger partial charge >= 0.3 is 0 Å². The SMILES string of the molecule is CC[C@H](NC(=O)c1cc(COc2ccccc2)[nH]n1)c1cc(C)ccn1. The van der Waals surface area contributed by atoms with Crippen LogP contribution in [0, 0.1) is 6.92 Å². The third kappa shape index (κ3) is 4.47.